The summed E-state index contributed by atoms with van der Waals surface area (Å²) in [5.41, 5.74) is 12.8. The lowest BCUT2D eigenvalue weighted by atomic mass is 10.0. The number of aromatic nitrogens is 2. The van der Waals surface area contributed by atoms with Crippen LogP contribution in [0.15, 0.2) is 212 Å². The van der Waals surface area contributed by atoms with Crippen molar-refractivity contribution in [1.29, 1.82) is 0 Å². The second kappa shape index (κ2) is 12.6. The summed E-state index contributed by atoms with van der Waals surface area (Å²) in [4.78, 5) is 2.42. The number of anilines is 3. The Balaban J connectivity index is 1.14. The van der Waals surface area contributed by atoms with E-state index >= 15 is 0 Å². The molecule has 2 aromatic heterocycles. The highest BCUT2D eigenvalue weighted by Gasteiger charge is 2.22. The number of benzene rings is 9. The van der Waals surface area contributed by atoms with Gasteiger partial charge in [0.05, 0.1) is 27.8 Å². The van der Waals surface area contributed by atoms with Gasteiger partial charge in [0.2, 0.25) is 0 Å². The molecule has 2 heterocycles. The highest BCUT2D eigenvalue weighted by molar-refractivity contribution is 6.19. The third-order valence-corrected chi connectivity index (χ3v) is 11.1. The van der Waals surface area contributed by atoms with Gasteiger partial charge >= 0.3 is 0 Å². The van der Waals surface area contributed by atoms with E-state index in [-0.39, 0.29) is 0 Å². The summed E-state index contributed by atoms with van der Waals surface area (Å²) in [5.74, 6) is 0. The Hall–Kier alpha value is -7.36. The fraction of sp³-hybridized carbons (Fsp3) is 0. The fourth-order valence-electron chi connectivity index (χ4n) is 8.65. The highest BCUT2D eigenvalue weighted by Crippen LogP contribution is 2.45. The SMILES string of the molecule is c1ccc(-c2ccc(N(c3ccc(-n4c5ccccc5c5ccc6ccccc6c54)cc3)c3cccc4c3c3ccccc3n4-c3ccccc3)cc2)cc1. The van der Waals surface area contributed by atoms with Gasteiger partial charge in [0.25, 0.3) is 0 Å². The predicted octanol–water partition coefficient (Wildman–Crippen LogP) is 14.2. The minimum Gasteiger partial charge on any atom is -0.310 e. The molecule has 0 aliphatic carbocycles. The summed E-state index contributed by atoms with van der Waals surface area (Å²) in [6.07, 6.45) is 0. The lowest BCUT2D eigenvalue weighted by molar-refractivity contribution is 1.18. The first-order chi connectivity index (χ1) is 27.3. The monoisotopic (exact) mass is 701 g/mol. The van der Waals surface area contributed by atoms with Gasteiger partial charge in [-0.15, -0.1) is 0 Å². The molecule has 258 valence electrons. The van der Waals surface area contributed by atoms with E-state index in [1.165, 1.54) is 65.5 Å². The second-order valence-corrected chi connectivity index (χ2v) is 14.2. The largest absolute Gasteiger partial charge is 0.310 e. The van der Waals surface area contributed by atoms with Crippen molar-refractivity contribution in [3.05, 3.63) is 212 Å². The maximum Gasteiger partial charge on any atom is 0.0619 e. The van der Waals surface area contributed by atoms with Crippen molar-refractivity contribution in [2.24, 2.45) is 0 Å². The smallest absolute Gasteiger partial charge is 0.0619 e. The third-order valence-electron chi connectivity index (χ3n) is 11.1. The number of hydrogen-bond acceptors (Lipinski definition) is 1. The quantitative estimate of drug-likeness (QED) is 0.168. The molecule has 0 saturated heterocycles. The average Bonchev–Trinajstić information content (AvgIpc) is 3.79. The van der Waals surface area contributed by atoms with Crippen molar-refractivity contribution in [2.45, 2.75) is 0 Å². The van der Waals surface area contributed by atoms with Gasteiger partial charge in [0.15, 0.2) is 0 Å². The van der Waals surface area contributed by atoms with Crippen LogP contribution in [0, 0.1) is 0 Å². The van der Waals surface area contributed by atoms with Crippen molar-refractivity contribution >= 4 is 71.4 Å². The Kier molecular flexibility index (Phi) is 7.17. The van der Waals surface area contributed by atoms with E-state index in [1.54, 1.807) is 0 Å². The minimum absolute atomic E-state index is 1.09. The summed E-state index contributed by atoms with van der Waals surface area (Å²) in [6.45, 7) is 0. The molecule has 11 aromatic rings. The first-order valence-corrected chi connectivity index (χ1v) is 18.9. The van der Waals surface area contributed by atoms with Crippen LogP contribution in [0.3, 0.4) is 0 Å². The molecule has 0 amide bonds. The minimum atomic E-state index is 1.09. The van der Waals surface area contributed by atoms with E-state index < -0.39 is 0 Å². The molecule has 0 aliphatic rings. The molecule has 3 heteroatoms. The van der Waals surface area contributed by atoms with Crippen LogP contribution in [-0.2, 0) is 0 Å². The van der Waals surface area contributed by atoms with Crippen LogP contribution in [0.25, 0.3) is 76.9 Å². The average molecular weight is 702 g/mol. The summed E-state index contributed by atoms with van der Waals surface area (Å²) in [7, 11) is 0. The van der Waals surface area contributed by atoms with E-state index in [9.17, 15) is 0 Å². The Morgan fingerprint density at radius 1 is 0.309 bits per heavy atom. The first-order valence-electron chi connectivity index (χ1n) is 18.9. The zero-order chi connectivity index (χ0) is 36.3. The molecule has 0 N–H and O–H groups in total. The molecule has 3 nitrogen and oxygen atoms in total. The van der Waals surface area contributed by atoms with Crippen LogP contribution in [-0.4, -0.2) is 9.13 Å². The Morgan fingerprint density at radius 2 is 0.855 bits per heavy atom. The van der Waals surface area contributed by atoms with Crippen LogP contribution in [0.2, 0.25) is 0 Å². The first kappa shape index (κ1) is 31.2. The van der Waals surface area contributed by atoms with Crippen molar-refractivity contribution in [1.82, 2.24) is 9.13 Å². The molecule has 9 aromatic carbocycles. The van der Waals surface area contributed by atoms with Crippen LogP contribution in [0.5, 0.6) is 0 Å². The van der Waals surface area contributed by atoms with Crippen LogP contribution < -0.4 is 4.90 Å². The van der Waals surface area contributed by atoms with Crippen LogP contribution in [0.4, 0.5) is 17.1 Å². The maximum absolute atomic E-state index is 2.43. The Morgan fingerprint density at radius 3 is 1.60 bits per heavy atom. The Labute approximate surface area is 319 Å². The van der Waals surface area contributed by atoms with E-state index in [0.717, 1.165) is 28.4 Å². The molecule has 0 fully saturated rings. The van der Waals surface area contributed by atoms with Gasteiger partial charge in [-0.3, -0.25) is 0 Å². The molecule has 0 spiro atoms. The third kappa shape index (κ3) is 4.98. The van der Waals surface area contributed by atoms with Crippen molar-refractivity contribution in [3.63, 3.8) is 0 Å². The van der Waals surface area contributed by atoms with Gasteiger partial charge in [-0.25, -0.2) is 0 Å². The van der Waals surface area contributed by atoms with Crippen LogP contribution in [0.1, 0.15) is 0 Å². The van der Waals surface area contributed by atoms with Crippen LogP contribution >= 0.6 is 0 Å². The van der Waals surface area contributed by atoms with Gasteiger partial charge < -0.3 is 14.0 Å². The number of nitrogens with zero attached hydrogens (tertiary/aromatic N) is 3. The summed E-state index contributed by atoms with van der Waals surface area (Å²) < 4.78 is 4.82. The summed E-state index contributed by atoms with van der Waals surface area (Å²) in [6, 6.07) is 76.9. The molecule has 0 atom stereocenters. The molecule has 0 bridgehead atoms. The lowest BCUT2D eigenvalue weighted by Crippen LogP contribution is -2.10. The molecular formula is C52H35N3. The number of para-hydroxylation sites is 3. The van der Waals surface area contributed by atoms with E-state index in [0.29, 0.717) is 0 Å². The zero-order valence-corrected chi connectivity index (χ0v) is 30.0. The summed E-state index contributed by atoms with van der Waals surface area (Å²) in [5, 5.41) is 7.45. The number of hydrogen-bond donors (Lipinski definition) is 0. The normalized spacial score (nSPS) is 11.6. The van der Waals surface area contributed by atoms with Gasteiger partial charge in [-0.2, -0.15) is 0 Å². The second-order valence-electron chi connectivity index (χ2n) is 14.2. The molecule has 11 rings (SSSR count). The molecule has 0 unspecified atom stereocenters. The highest BCUT2D eigenvalue weighted by atomic mass is 15.1. The van der Waals surface area contributed by atoms with Gasteiger partial charge in [0, 0.05) is 49.7 Å². The zero-order valence-electron chi connectivity index (χ0n) is 30.0. The van der Waals surface area contributed by atoms with Crippen molar-refractivity contribution in [3.8, 4) is 22.5 Å². The van der Waals surface area contributed by atoms with Crippen molar-refractivity contribution in [2.75, 3.05) is 4.90 Å². The lowest BCUT2D eigenvalue weighted by Gasteiger charge is -2.27. The molecule has 0 aliphatic heterocycles. The Bertz CT molecular complexity index is 3170. The maximum atomic E-state index is 2.43. The number of rotatable bonds is 6. The van der Waals surface area contributed by atoms with E-state index in [2.05, 4.69) is 226 Å². The van der Waals surface area contributed by atoms with E-state index in [4.69, 9.17) is 0 Å². The fourth-order valence-corrected chi connectivity index (χ4v) is 8.65. The van der Waals surface area contributed by atoms with Crippen molar-refractivity contribution < 1.29 is 0 Å². The standard InChI is InChI=1S/C52H35N3/c1-3-14-36(15-4-1)37-26-29-40(30-27-37)53(49-24-13-25-50-51(49)46-21-10-12-23-48(46)54(50)39-17-5-2-6-18-39)41-31-33-42(34-32-41)55-47-22-11-9-20-44(47)45-35-28-38-16-7-8-19-43(38)52(45)55/h1-35H. The molecule has 0 saturated carbocycles. The molecule has 0 radical (unpaired) electrons. The number of fused-ring (bicyclic) bond motifs is 8. The molecule has 55 heavy (non-hydrogen) atoms. The molecular weight excluding hydrogens is 667 g/mol. The predicted molar refractivity (Wildman–Crippen MR) is 233 cm³/mol. The van der Waals surface area contributed by atoms with E-state index in [1.807, 2.05) is 0 Å². The summed E-state index contributed by atoms with van der Waals surface area (Å²) >= 11 is 0. The van der Waals surface area contributed by atoms with Gasteiger partial charge in [0.1, 0.15) is 0 Å². The topological polar surface area (TPSA) is 13.1 Å². The van der Waals surface area contributed by atoms with Gasteiger partial charge in [-0.05, 0) is 89.3 Å². The van der Waals surface area contributed by atoms with Gasteiger partial charge in [-0.1, -0.05) is 140 Å².